The molecule has 1 aromatic rings. The van der Waals surface area contributed by atoms with Gasteiger partial charge in [0.05, 0.1) is 0 Å². The van der Waals surface area contributed by atoms with E-state index in [1.807, 2.05) is 0 Å². The minimum atomic E-state index is 0.238. The molecule has 0 aliphatic heterocycles. The van der Waals surface area contributed by atoms with Gasteiger partial charge in [-0.15, -0.1) is 0 Å². The summed E-state index contributed by atoms with van der Waals surface area (Å²) in [6.07, 6.45) is 0. The Bertz CT molecular complexity index is 348. The number of halogens is 1. The molecule has 1 aromatic carbocycles. The van der Waals surface area contributed by atoms with Crippen LogP contribution in [0, 0.1) is 5.92 Å². The predicted molar refractivity (Wildman–Crippen MR) is 84.4 cm³/mol. The molecule has 1 atom stereocenters. The van der Waals surface area contributed by atoms with Crippen LogP contribution in [-0.2, 0) is 12.0 Å². The standard InChI is InChI=1S/C16H26BrN/c1-12(2)15(10-17)18-11-13-6-8-14(9-7-13)16(3,4)5/h6-9,12,15,18H,10-11H2,1-5H3. The predicted octanol–water partition coefficient (Wildman–Crippen LogP) is 4.49. The quantitative estimate of drug-likeness (QED) is 0.790. The number of hydrogen-bond donors (Lipinski definition) is 1. The van der Waals surface area contributed by atoms with Crippen molar-refractivity contribution in [3.8, 4) is 0 Å². The normalized spacial score (nSPS) is 13.9. The van der Waals surface area contributed by atoms with Gasteiger partial charge < -0.3 is 5.32 Å². The maximum Gasteiger partial charge on any atom is 0.0208 e. The first-order valence-electron chi connectivity index (χ1n) is 6.73. The molecule has 18 heavy (non-hydrogen) atoms. The molecule has 0 aromatic heterocycles. The fourth-order valence-electron chi connectivity index (χ4n) is 1.84. The average Bonchev–Trinajstić information content (AvgIpc) is 2.29. The van der Waals surface area contributed by atoms with Gasteiger partial charge in [-0.1, -0.05) is 74.8 Å². The highest BCUT2D eigenvalue weighted by Crippen LogP contribution is 2.22. The Morgan fingerprint density at radius 3 is 2.06 bits per heavy atom. The molecule has 0 aliphatic rings. The van der Waals surface area contributed by atoms with E-state index in [0.29, 0.717) is 12.0 Å². The summed E-state index contributed by atoms with van der Waals surface area (Å²) in [7, 11) is 0. The van der Waals surface area contributed by atoms with E-state index in [-0.39, 0.29) is 5.41 Å². The molecule has 0 heterocycles. The summed E-state index contributed by atoms with van der Waals surface area (Å²) in [4.78, 5) is 0. The SMILES string of the molecule is CC(C)C(CBr)NCc1ccc(C(C)(C)C)cc1. The van der Waals surface area contributed by atoms with E-state index < -0.39 is 0 Å². The molecule has 102 valence electrons. The molecule has 0 saturated heterocycles. The lowest BCUT2D eigenvalue weighted by Gasteiger charge is -2.21. The zero-order chi connectivity index (χ0) is 13.8. The first kappa shape index (κ1) is 15.7. The molecular weight excluding hydrogens is 286 g/mol. The lowest BCUT2D eigenvalue weighted by Crippen LogP contribution is -2.34. The van der Waals surface area contributed by atoms with Gasteiger partial charge in [0, 0.05) is 17.9 Å². The Morgan fingerprint density at radius 1 is 1.11 bits per heavy atom. The third-order valence-electron chi connectivity index (χ3n) is 3.36. The van der Waals surface area contributed by atoms with Gasteiger partial charge in [-0.25, -0.2) is 0 Å². The summed E-state index contributed by atoms with van der Waals surface area (Å²) >= 11 is 3.57. The van der Waals surface area contributed by atoms with Crippen molar-refractivity contribution in [1.82, 2.24) is 5.32 Å². The lowest BCUT2D eigenvalue weighted by molar-refractivity contribution is 0.434. The van der Waals surface area contributed by atoms with Crippen molar-refractivity contribution in [2.45, 2.75) is 52.6 Å². The number of alkyl halides is 1. The van der Waals surface area contributed by atoms with Gasteiger partial charge in [0.15, 0.2) is 0 Å². The molecule has 0 aliphatic carbocycles. The van der Waals surface area contributed by atoms with Crippen molar-refractivity contribution in [3.05, 3.63) is 35.4 Å². The fourth-order valence-corrected chi connectivity index (χ4v) is 2.82. The second-order valence-corrected chi connectivity index (χ2v) is 6.98. The highest BCUT2D eigenvalue weighted by molar-refractivity contribution is 9.09. The van der Waals surface area contributed by atoms with Gasteiger partial charge >= 0.3 is 0 Å². The van der Waals surface area contributed by atoms with E-state index in [2.05, 4.69) is 80.1 Å². The summed E-state index contributed by atoms with van der Waals surface area (Å²) in [6, 6.07) is 9.50. The van der Waals surface area contributed by atoms with Crippen LogP contribution in [0.1, 0.15) is 45.7 Å². The summed E-state index contributed by atoms with van der Waals surface area (Å²) in [5, 5.41) is 4.60. The van der Waals surface area contributed by atoms with Crippen LogP contribution in [0.15, 0.2) is 24.3 Å². The third kappa shape index (κ3) is 4.74. The highest BCUT2D eigenvalue weighted by atomic mass is 79.9. The largest absolute Gasteiger partial charge is 0.309 e. The Labute approximate surface area is 120 Å². The van der Waals surface area contributed by atoms with Crippen molar-refractivity contribution in [1.29, 1.82) is 0 Å². The van der Waals surface area contributed by atoms with Gasteiger partial charge in [-0.2, -0.15) is 0 Å². The van der Waals surface area contributed by atoms with Gasteiger partial charge in [-0.3, -0.25) is 0 Å². The first-order chi connectivity index (χ1) is 8.34. The van der Waals surface area contributed by atoms with Gasteiger partial charge in [0.1, 0.15) is 0 Å². The molecule has 1 rings (SSSR count). The minimum absolute atomic E-state index is 0.238. The summed E-state index contributed by atoms with van der Waals surface area (Å²) in [5.41, 5.74) is 2.99. The van der Waals surface area contributed by atoms with Crippen molar-refractivity contribution < 1.29 is 0 Å². The lowest BCUT2D eigenvalue weighted by atomic mass is 9.87. The smallest absolute Gasteiger partial charge is 0.0208 e. The number of benzene rings is 1. The Balaban J connectivity index is 2.59. The zero-order valence-corrected chi connectivity index (χ0v) is 13.8. The topological polar surface area (TPSA) is 12.0 Å². The van der Waals surface area contributed by atoms with E-state index in [1.54, 1.807) is 0 Å². The van der Waals surface area contributed by atoms with Crippen LogP contribution in [0.5, 0.6) is 0 Å². The van der Waals surface area contributed by atoms with Crippen LogP contribution in [0.4, 0.5) is 0 Å². The van der Waals surface area contributed by atoms with Gasteiger partial charge in [0.25, 0.3) is 0 Å². The third-order valence-corrected chi connectivity index (χ3v) is 4.06. The summed E-state index contributed by atoms with van der Waals surface area (Å²) < 4.78 is 0. The second-order valence-electron chi connectivity index (χ2n) is 6.33. The fraction of sp³-hybridized carbons (Fsp3) is 0.625. The maximum atomic E-state index is 3.60. The Hall–Kier alpha value is -0.340. The molecule has 1 N–H and O–H groups in total. The monoisotopic (exact) mass is 311 g/mol. The molecule has 1 unspecified atom stereocenters. The summed E-state index contributed by atoms with van der Waals surface area (Å²) in [6.45, 7) is 12.2. The molecule has 0 bridgehead atoms. The van der Waals surface area contributed by atoms with Crippen molar-refractivity contribution in [3.63, 3.8) is 0 Å². The first-order valence-corrected chi connectivity index (χ1v) is 7.85. The number of rotatable bonds is 5. The van der Waals surface area contributed by atoms with Crippen molar-refractivity contribution in [2.75, 3.05) is 5.33 Å². The van der Waals surface area contributed by atoms with Crippen LogP contribution in [0.25, 0.3) is 0 Å². The van der Waals surface area contributed by atoms with Crippen molar-refractivity contribution in [2.24, 2.45) is 5.92 Å². The summed E-state index contributed by atoms with van der Waals surface area (Å²) in [5.74, 6) is 0.651. The molecule has 0 saturated carbocycles. The molecular formula is C16H26BrN. The van der Waals surface area contributed by atoms with Crippen LogP contribution >= 0.6 is 15.9 Å². The Kier molecular flexibility index (Phi) is 5.87. The zero-order valence-electron chi connectivity index (χ0n) is 12.3. The van der Waals surface area contributed by atoms with Crippen LogP contribution in [0.3, 0.4) is 0 Å². The second kappa shape index (κ2) is 6.72. The van der Waals surface area contributed by atoms with Crippen LogP contribution in [0.2, 0.25) is 0 Å². The van der Waals surface area contributed by atoms with E-state index in [1.165, 1.54) is 11.1 Å². The van der Waals surface area contributed by atoms with Gasteiger partial charge in [0.2, 0.25) is 0 Å². The van der Waals surface area contributed by atoms with E-state index in [9.17, 15) is 0 Å². The minimum Gasteiger partial charge on any atom is -0.309 e. The highest BCUT2D eigenvalue weighted by Gasteiger charge is 2.13. The molecule has 2 heteroatoms. The van der Waals surface area contributed by atoms with Crippen LogP contribution < -0.4 is 5.32 Å². The molecule has 0 spiro atoms. The van der Waals surface area contributed by atoms with E-state index in [0.717, 1.165) is 11.9 Å². The molecule has 0 radical (unpaired) electrons. The van der Waals surface area contributed by atoms with E-state index in [4.69, 9.17) is 0 Å². The molecule has 0 amide bonds. The molecule has 1 nitrogen and oxygen atoms in total. The van der Waals surface area contributed by atoms with E-state index >= 15 is 0 Å². The Morgan fingerprint density at radius 2 is 1.67 bits per heavy atom. The van der Waals surface area contributed by atoms with Crippen LogP contribution in [-0.4, -0.2) is 11.4 Å². The maximum absolute atomic E-state index is 3.60. The number of nitrogens with one attached hydrogen (secondary N) is 1. The number of hydrogen-bond acceptors (Lipinski definition) is 1. The van der Waals surface area contributed by atoms with Gasteiger partial charge in [-0.05, 0) is 22.5 Å². The average molecular weight is 312 g/mol. The molecule has 0 fully saturated rings. The van der Waals surface area contributed by atoms with Crippen molar-refractivity contribution >= 4 is 15.9 Å².